The maximum Gasteiger partial charge on any atom is 0.317 e. The van der Waals surface area contributed by atoms with Crippen LogP contribution in [0, 0.1) is 23.7 Å². The van der Waals surface area contributed by atoms with Gasteiger partial charge in [-0.3, -0.25) is 0 Å². The first-order valence-corrected chi connectivity index (χ1v) is 29.4. The van der Waals surface area contributed by atoms with E-state index in [0.717, 1.165) is 67.6 Å². The van der Waals surface area contributed by atoms with Gasteiger partial charge in [-0.2, -0.15) is 0 Å². The molecule has 7 fully saturated rings. The second kappa shape index (κ2) is 13.6. The number of hydrogen-bond donors (Lipinski definition) is 1. The number of aliphatic hydroxyl groups excluding tert-OH is 1. The molecule has 4 aliphatic heterocycles. The van der Waals surface area contributed by atoms with Crippen LogP contribution in [0.15, 0.2) is 0 Å². The largest absolute Gasteiger partial charge is 0.416 e. The zero-order valence-electron chi connectivity index (χ0n) is 29.7. The summed E-state index contributed by atoms with van der Waals surface area (Å²) < 4.78 is 47.6. The van der Waals surface area contributed by atoms with Crippen LogP contribution in [0.3, 0.4) is 0 Å². The average Bonchev–Trinajstić information content (AvgIpc) is 3.93. The minimum Gasteiger partial charge on any atom is -0.416 e. The molecule has 1 N–H and O–H groups in total. The molecule has 10 atom stereocenters. The lowest BCUT2D eigenvalue weighted by molar-refractivity contribution is 0.171. The first-order valence-electron chi connectivity index (χ1n) is 19.3. The molecule has 3 aliphatic carbocycles. The van der Waals surface area contributed by atoms with Gasteiger partial charge in [0, 0.05) is 0 Å². The van der Waals surface area contributed by atoms with Crippen molar-refractivity contribution in [2.45, 2.75) is 190 Å². The molecule has 0 amide bonds. The minimum atomic E-state index is -2.64. The van der Waals surface area contributed by atoms with E-state index in [1.54, 1.807) is 0 Å². The Kier molecular flexibility index (Phi) is 10.3. The molecule has 7 aliphatic rings. The molecular weight excluding hydrogens is 649 g/mol. The molecule has 0 bridgehead atoms. The topological polar surface area (TPSA) is 94.7 Å². The first kappa shape index (κ1) is 35.0. The molecule has 10 unspecified atom stereocenters. The Labute approximate surface area is 283 Å². The Morgan fingerprint density at radius 1 is 0.522 bits per heavy atom. The molecule has 4 saturated heterocycles. The number of fused-ring (bicyclic) bond motifs is 3. The van der Waals surface area contributed by atoms with Crippen LogP contribution in [0.1, 0.15) is 97.3 Å². The van der Waals surface area contributed by atoms with Crippen molar-refractivity contribution < 1.29 is 35.8 Å². The van der Waals surface area contributed by atoms with E-state index < -0.39 is 34.2 Å². The standard InChI is InChI=1S/C34H64O8Si4/c1-7-25(9-8-24(2)35)10-14-43(3)39-44(4,15-11-26-18-29-30(19-26)36-29)41-46(6,17-13-28-22-33-34(23-28)38-33)42-45(5,40-43)16-12-27-20-31-32(21-27)37-31/h24-35H,7-23H2,1-6H3. The second-order valence-electron chi connectivity index (χ2n) is 17.5. The fraction of sp³-hybridized carbons (Fsp3) is 1.00. The molecule has 8 nitrogen and oxygen atoms in total. The summed E-state index contributed by atoms with van der Waals surface area (Å²) in [5.74, 6) is 2.77. The van der Waals surface area contributed by atoms with Crippen LogP contribution < -0.4 is 0 Å². The SMILES string of the molecule is CCC(CCC(C)O)CC[Si]1(C)O[Si](C)(CCC2CC3OC3C2)O[Si](C)(CCC2CC3OC3C2)O[Si](C)(CCC2CC3OC3C2)O1. The fourth-order valence-corrected chi connectivity index (χ4v) is 33.7. The van der Waals surface area contributed by atoms with Crippen LogP contribution in [-0.2, 0) is 30.7 Å². The molecule has 0 radical (unpaired) electrons. The lowest BCUT2D eigenvalue weighted by Gasteiger charge is -2.51. The van der Waals surface area contributed by atoms with E-state index in [0.29, 0.717) is 42.5 Å². The van der Waals surface area contributed by atoms with E-state index in [4.69, 9.17) is 30.7 Å². The summed E-state index contributed by atoms with van der Waals surface area (Å²) in [6.07, 6.45) is 17.8. The molecule has 12 heteroatoms. The predicted octanol–water partition coefficient (Wildman–Crippen LogP) is 7.63. The third-order valence-electron chi connectivity index (χ3n) is 12.8. The number of epoxide rings is 3. The van der Waals surface area contributed by atoms with Crippen LogP contribution in [-0.4, -0.2) is 82.1 Å². The van der Waals surface area contributed by atoms with Crippen molar-refractivity contribution in [3.8, 4) is 0 Å². The average molecular weight is 713 g/mol. The van der Waals surface area contributed by atoms with Gasteiger partial charge in [0.1, 0.15) is 0 Å². The Morgan fingerprint density at radius 3 is 1.15 bits per heavy atom. The highest BCUT2D eigenvalue weighted by Crippen LogP contribution is 2.49. The number of hydrogen-bond acceptors (Lipinski definition) is 8. The Balaban J connectivity index is 1.09. The molecule has 264 valence electrons. The minimum absolute atomic E-state index is 0.242. The van der Waals surface area contributed by atoms with Crippen LogP contribution in [0.5, 0.6) is 0 Å². The Bertz CT molecular complexity index is 992. The van der Waals surface area contributed by atoms with Crippen molar-refractivity contribution in [3.05, 3.63) is 0 Å². The molecule has 0 aromatic heterocycles. The summed E-state index contributed by atoms with van der Waals surface area (Å²) in [4.78, 5) is 0. The van der Waals surface area contributed by atoms with E-state index >= 15 is 0 Å². The number of aliphatic hydroxyl groups is 1. The van der Waals surface area contributed by atoms with Crippen molar-refractivity contribution in [1.29, 1.82) is 0 Å². The van der Waals surface area contributed by atoms with Gasteiger partial charge in [-0.05, 0) is 158 Å². The van der Waals surface area contributed by atoms with Gasteiger partial charge in [-0.25, -0.2) is 0 Å². The summed E-state index contributed by atoms with van der Waals surface area (Å²) >= 11 is 0. The Hall–Kier alpha value is 0.548. The van der Waals surface area contributed by atoms with E-state index in [2.05, 4.69) is 33.1 Å². The molecular formula is C34H64O8Si4. The second-order valence-corrected chi connectivity index (χ2v) is 31.8. The van der Waals surface area contributed by atoms with Gasteiger partial charge in [0.2, 0.25) is 0 Å². The molecule has 4 heterocycles. The first-order chi connectivity index (χ1) is 21.8. The highest BCUT2D eigenvalue weighted by Gasteiger charge is 2.58. The monoisotopic (exact) mass is 712 g/mol. The Morgan fingerprint density at radius 2 is 0.848 bits per heavy atom. The zero-order chi connectivity index (χ0) is 32.3. The van der Waals surface area contributed by atoms with Gasteiger partial charge in [0.05, 0.1) is 42.7 Å². The maximum atomic E-state index is 10.0. The summed E-state index contributed by atoms with van der Waals surface area (Å²) in [6.45, 7) is 13.7. The molecule has 3 saturated carbocycles. The molecule has 0 spiro atoms. The summed E-state index contributed by atoms with van der Waals surface area (Å²) in [6, 6.07) is 4.07. The zero-order valence-corrected chi connectivity index (χ0v) is 33.7. The fourth-order valence-electron chi connectivity index (χ4n) is 9.96. The molecule has 46 heavy (non-hydrogen) atoms. The molecule has 0 aromatic carbocycles. The summed E-state index contributed by atoms with van der Waals surface area (Å²) in [5, 5.41) is 10.0. The lowest BCUT2D eigenvalue weighted by Crippen LogP contribution is -2.67. The van der Waals surface area contributed by atoms with Crippen molar-refractivity contribution >= 4 is 34.2 Å². The summed E-state index contributed by atoms with van der Waals surface area (Å²) in [5.41, 5.74) is 0. The van der Waals surface area contributed by atoms with Crippen LogP contribution in [0.2, 0.25) is 50.4 Å². The molecule has 7 rings (SSSR count). The van der Waals surface area contributed by atoms with Gasteiger partial charge in [-0.1, -0.05) is 13.3 Å². The van der Waals surface area contributed by atoms with E-state index in [-0.39, 0.29) is 6.10 Å². The quantitative estimate of drug-likeness (QED) is 0.129. The van der Waals surface area contributed by atoms with Crippen LogP contribution in [0.4, 0.5) is 0 Å². The normalized spacial score (nSPS) is 50.3. The van der Waals surface area contributed by atoms with Gasteiger partial charge in [-0.15, -0.1) is 0 Å². The van der Waals surface area contributed by atoms with Gasteiger partial charge >= 0.3 is 34.2 Å². The third kappa shape index (κ3) is 8.88. The molecule has 0 aromatic rings. The third-order valence-corrected chi connectivity index (χ3v) is 31.4. The van der Waals surface area contributed by atoms with E-state index in [9.17, 15) is 5.11 Å². The maximum absolute atomic E-state index is 10.0. The van der Waals surface area contributed by atoms with Crippen molar-refractivity contribution in [1.82, 2.24) is 0 Å². The number of ether oxygens (including phenoxy) is 3. The van der Waals surface area contributed by atoms with Crippen molar-refractivity contribution in [3.63, 3.8) is 0 Å². The van der Waals surface area contributed by atoms with E-state index in [1.807, 2.05) is 6.92 Å². The van der Waals surface area contributed by atoms with E-state index in [1.165, 1.54) is 57.8 Å². The number of rotatable bonds is 16. The van der Waals surface area contributed by atoms with Gasteiger partial charge in [0.15, 0.2) is 0 Å². The van der Waals surface area contributed by atoms with Crippen molar-refractivity contribution in [2.24, 2.45) is 23.7 Å². The van der Waals surface area contributed by atoms with Gasteiger partial charge in [0.25, 0.3) is 0 Å². The van der Waals surface area contributed by atoms with Crippen molar-refractivity contribution in [2.75, 3.05) is 0 Å². The summed E-state index contributed by atoms with van der Waals surface area (Å²) in [7, 11) is -10.4. The van der Waals surface area contributed by atoms with Crippen LogP contribution >= 0.6 is 0 Å². The van der Waals surface area contributed by atoms with Gasteiger partial charge < -0.3 is 35.8 Å². The highest BCUT2D eigenvalue weighted by molar-refractivity contribution is 6.93. The predicted molar refractivity (Wildman–Crippen MR) is 187 cm³/mol. The lowest BCUT2D eigenvalue weighted by atomic mass is 9.96. The highest BCUT2D eigenvalue weighted by atomic mass is 28.5. The van der Waals surface area contributed by atoms with Crippen LogP contribution in [0.25, 0.3) is 0 Å². The smallest absolute Gasteiger partial charge is 0.317 e.